The average Bonchev–Trinajstić information content (AvgIpc) is 3.60. The summed E-state index contributed by atoms with van der Waals surface area (Å²) in [7, 11) is 0. The highest BCUT2D eigenvalue weighted by atomic mass is 32.2. The van der Waals surface area contributed by atoms with Crippen LogP contribution in [0.2, 0.25) is 0 Å². The lowest BCUT2D eigenvalue weighted by atomic mass is 10.1. The molecule has 0 atom stereocenters. The van der Waals surface area contributed by atoms with Crippen LogP contribution in [0.1, 0.15) is 35.3 Å². The van der Waals surface area contributed by atoms with Crippen LogP contribution in [0, 0.1) is 0 Å². The van der Waals surface area contributed by atoms with Crippen LogP contribution in [0.25, 0.3) is 16.8 Å². The molecule has 1 amide bonds. The van der Waals surface area contributed by atoms with Crippen molar-refractivity contribution < 1.29 is 4.79 Å². The molecule has 0 bridgehead atoms. The van der Waals surface area contributed by atoms with Gasteiger partial charge in [0.15, 0.2) is 0 Å². The largest absolute Gasteiger partial charge is 0.302 e. The number of hydrogen-bond acceptors (Lipinski definition) is 5. The fraction of sp³-hybridized carbons (Fsp3) is 0.321. The van der Waals surface area contributed by atoms with Gasteiger partial charge in [-0.1, -0.05) is 36.8 Å². The van der Waals surface area contributed by atoms with E-state index in [2.05, 4.69) is 38.4 Å². The van der Waals surface area contributed by atoms with Crippen LogP contribution < -0.4 is 5.32 Å². The summed E-state index contributed by atoms with van der Waals surface area (Å²) in [6.45, 7) is 3.64. The van der Waals surface area contributed by atoms with Crippen molar-refractivity contribution in [2.75, 3.05) is 36.5 Å². The summed E-state index contributed by atoms with van der Waals surface area (Å²) in [6.07, 6.45) is 10.0. The molecule has 1 saturated heterocycles. The summed E-state index contributed by atoms with van der Waals surface area (Å²) in [5.74, 6) is 2.88. The number of hydrogen-bond donors (Lipinski definition) is 2. The lowest BCUT2D eigenvalue weighted by Crippen LogP contribution is -2.33. The number of unbranched alkanes of at least 4 members (excludes halogenated alkanes) is 2. The number of aromatic amines is 1. The van der Waals surface area contributed by atoms with Crippen molar-refractivity contribution in [1.29, 1.82) is 0 Å². The van der Waals surface area contributed by atoms with E-state index >= 15 is 0 Å². The number of anilines is 1. The Hall–Kier alpha value is -3.36. The van der Waals surface area contributed by atoms with Gasteiger partial charge in [0.1, 0.15) is 0 Å². The van der Waals surface area contributed by atoms with E-state index in [1.165, 1.54) is 44.0 Å². The number of aryl methyl sites for hydroxylation is 1. The molecule has 4 aromatic rings. The first-order chi connectivity index (χ1) is 17.8. The number of amides is 1. The zero-order valence-corrected chi connectivity index (χ0v) is 21.2. The molecule has 1 aliphatic heterocycles. The maximum atomic E-state index is 13.2. The highest BCUT2D eigenvalue weighted by molar-refractivity contribution is 7.99. The Labute approximate surface area is 216 Å². The van der Waals surface area contributed by atoms with E-state index in [1.54, 1.807) is 6.20 Å². The van der Waals surface area contributed by atoms with Crippen LogP contribution in [-0.2, 0) is 6.42 Å². The Morgan fingerprint density at radius 1 is 1.00 bits per heavy atom. The number of thioether (sulfide) groups is 1. The third-order valence-corrected chi connectivity index (χ3v) is 7.43. The van der Waals surface area contributed by atoms with E-state index in [9.17, 15) is 4.79 Å². The monoisotopic (exact) mass is 500 g/mol. The van der Waals surface area contributed by atoms with Crippen LogP contribution in [0.5, 0.6) is 0 Å². The first-order valence-corrected chi connectivity index (χ1v) is 13.8. The molecule has 0 radical (unpaired) electrons. The molecular weight excluding hydrogens is 468 g/mol. The van der Waals surface area contributed by atoms with E-state index in [0.717, 1.165) is 35.3 Å². The molecule has 2 aromatic carbocycles. The quantitative estimate of drug-likeness (QED) is 0.290. The van der Waals surface area contributed by atoms with E-state index in [-0.39, 0.29) is 5.91 Å². The molecule has 0 spiro atoms. The SMILES string of the molecule is O=C(Nc1nc(CCCCCN2CCSCC2)cn1-c1ccccc1)c1cccc(-c2cn[nH]c2)c1. The Bertz CT molecular complexity index is 1250. The summed E-state index contributed by atoms with van der Waals surface area (Å²) in [4.78, 5) is 20.6. The minimum Gasteiger partial charge on any atom is -0.302 e. The molecule has 7 nitrogen and oxygen atoms in total. The fourth-order valence-corrected chi connectivity index (χ4v) is 5.47. The van der Waals surface area contributed by atoms with Crippen molar-refractivity contribution >= 4 is 23.6 Å². The predicted octanol–water partition coefficient (Wildman–Crippen LogP) is 5.28. The molecule has 5 rings (SSSR count). The van der Waals surface area contributed by atoms with Crippen molar-refractivity contribution in [2.45, 2.75) is 25.7 Å². The normalized spacial score (nSPS) is 14.1. The summed E-state index contributed by atoms with van der Waals surface area (Å²) in [6, 6.07) is 17.6. The van der Waals surface area contributed by atoms with Crippen LogP contribution in [-0.4, -0.2) is 61.7 Å². The van der Waals surface area contributed by atoms with Gasteiger partial charge in [0.05, 0.1) is 11.9 Å². The second kappa shape index (κ2) is 12.1. The number of carbonyl (C=O) groups is 1. The van der Waals surface area contributed by atoms with Gasteiger partial charge in [0.2, 0.25) is 5.95 Å². The van der Waals surface area contributed by atoms with Crippen molar-refractivity contribution in [2.24, 2.45) is 0 Å². The molecule has 1 aliphatic rings. The summed E-state index contributed by atoms with van der Waals surface area (Å²) in [5, 5.41) is 9.87. The predicted molar refractivity (Wildman–Crippen MR) is 147 cm³/mol. The molecule has 36 heavy (non-hydrogen) atoms. The Kier molecular flexibility index (Phi) is 8.15. The molecular formula is C28H32N6OS. The van der Waals surface area contributed by atoms with Gasteiger partial charge in [-0.25, -0.2) is 4.98 Å². The minimum absolute atomic E-state index is 0.186. The fourth-order valence-electron chi connectivity index (χ4n) is 4.49. The maximum absolute atomic E-state index is 13.2. The van der Waals surface area contributed by atoms with Crippen molar-refractivity contribution in [3.63, 3.8) is 0 Å². The third-order valence-electron chi connectivity index (χ3n) is 6.48. The topological polar surface area (TPSA) is 78.8 Å². The van der Waals surface area contributed by atoms with Crippen LogP contribution >= 0.6 is 11.8 Å². The molecule has 0 aliphatic carbocycles. The van der Waals surface area contributed by atoms with Crippen molar-refractivity contribution in [3.8, 4) is 16.8 Å². The number of para-hydroxylation sites is 1. The highest BCUT2D eigenvalue weighted by Crippen LogP contribution is 2.22. The zero-order chi connectivity index (χ0) is 24.6. The number of benzene rings is 2. The number of rotatable bonds is 10. The highest BCUT2D eigenvalue weighted by Gasteiger charge is 2.15. The molecule has 1 fully saturated rings. The zero-order valence-electron chi connectivity index (χ0n) is 20.4. The van der Waals surface area contributed by atoms with E-state index in [4.69, 9.17) is 4.98 Å². The third kappa shape index (κ3) is 6.25. The van der Waals surface area contributed by atoms with Crippen LogP contribution in [0.15, 0.2) is 73.2 Å². The number of nitrogens with one attached hydrogen (secondary N) is 2. The molecule has 0 unspecified atom stereocenters. The number of carbonyl (C=O) groups excluding carboxylic acids is 1. The van der Waals surface area contributed by atoms with Gasteiger partial charge in [-0.3, -0.25) is 19.8 Å². The van der Waals surface area contributed by atoms with E-state index in [1.807, 2.05) is 65.4 Å². The van der Waals surface area contributed by atoms with Gasteiger partial charge in [-0.05, 0) is 55.6 Å². The molecule has 8 heteroatoms. The summed E-state index contributed by atoms with van der Waals surface area (Å²) >= 11 is 2.06. The van der Waals surface area contributed by atoms with Gasteiger partial charge < -0.3 is 4.90 Å². The molecule has 0 saturated carbocycles. The average molecular weight is 501 g/mol. The Morgan fingerprint density at radius 3 is 2.67 bits per heavy atom. The second-order valence-corrected chi connectivity index (χ2v) is 10.3. The number of H-pyrrole nitrogens is 1. The number of aromatic nitrogens is 4. The lowest BCUT2D eigenvalue weighted by molar-refractivity contribution is 0.102. The minimum atomic E-state index is -0.186. The van der Waals surface area contributed by atoms with Gasteiger partial charge in [-0.15, -0.1) is 0 Å². The number of nitrogens with zero attached hydrogens (tertiary/aromatic N) is 4. The molecule has 2 aromatic heterocycles. The van der Waals surface area contributed by atoms with E-state index < -0.39 is 0 Å². The van der Waals surface area contributed by atoms with Crippen LogP contribution in [0.3, 0.4) is 0 Å². The van der Waals surface area contributed by atoms with Gasteiger partial charge in [0.25, 0.3) is 5.91 Å². The first kappa shape index (κ1) is 24.3. The van der Waals surface area contributed by atoms with Gasteiger partial charge in [-0.2, -0.15) is 16.9 Å². The van der Waals surface area contributed by atoms with E-state index in [0.29, 0.717) is 11.5 Å². The maximum Gasteiger partial charge on any atom is 0.258 e. The summed E-state index contributed by atoms with van der Waals surface area (Å²) < 4.78 is 1.97. The smallest absolute Gasteiger partial charge is 0.258 e. The second-order valence-electron chi connectivity index (χ2n) is 9.05. The standard InChI is InChI=1S/C28H32N6OS/c35-27(23-9-7-8-22(18-23)24-19-29-30-20-24)32-28-31-25(21-34(28)26-11-4-1-5-12-26)10-3-2-6-13-33-14-16-36-17-15-33/h1,4-5,7-9,11-12,18-21H,2-3,6,10,13-17H2,(H,29,30)(H,31,32,35). The molecule has 2 N–H and O–H groups in total. The van der Waals surface area contributed by atoms with Crippen molar-refractivity contribution in [3.05, 3.63) is 84.4 Å². The Morgan fingerprint density at radius 2 is 1.86 bits per heavy atom. The van der Waals surface area contributed by atoms with Gasteiger partial charge >= 0.3 is 0 Å². The molecule has 3 heterocycles. The lowest BCUT2D eigenvalue weighted by Gasteiger charge is -2.25. The van der Waals surface area contributed by atoms with Gasteiger partial charge in [0, 0.05) is 53.8 Å². The number of imidazole rings is 1. The Balaban J connectivity index is 1.25. The van der Waals surface area contributed by atoms with Crippen molar-refractivity contribution in [1.82, 2.24) is 24.6 Å². The van der Waals surface area contributed by atoms with Crippen LogP contribution in [0.4, 0.5) is 5.95 Å². The first-order valence-electron chi connectivity index (χ1n) is 12.6. The molecule has 186 valence electrons. The summed E-state index contributed by atoms with van der Waals surface area (Å²) in [5.41, 5.74) is 4.43.